The van der Waals surface area contributed by atoms with E-state index in [9.17, 15) is 4.79 Å². The molecule has 0 saturated heterocycles. The summed E-state index contributed by atoms with van der Waals surface area (Å²) in [7, 11) is 0. The fourth-order valence-electron chi connectivity index (χ4n) is 2.59. The van der Waals surface area contributed by atoms with Gasteiger partial charge in [-0.2, -0.15) is 0 Å². The van der Waals surface area contributed by atoms with Crippen LogP contribution in [-0.4, -0.2) is 19.2 Å². The van der Waals surface area contributed by atoms with Gasteiger partial charge in [-0.3, -0.25) is 4.79 Å². The Morgan fingerprint density at radius 1 is 1.09 bits per heavy atom. The van der Waals surface area contributed by atoms with E-state index in [1.807, 2.05) is 12.1 Å². The first-order chi connectivity index (χ1) is 11.1. The first-order valence-electron chi connectivity index (χ1n) is 7.63. The van der Waals surface area contributed by atoms with Gasteiger partial charge in [0.25, 0.3) is 0 Å². The van der Waals surface area contributed by atoms with Crippen molar-refractivity contribution in [3.63, 3.8) is 0 Å². The van der Waals surface area contributed by atoms with E-state index in [1.165, 1.54) is 11.1 Å². The SMILES string of the molecule is Cc1cccc(C)c1NCCC(=O)Nc1ccc2c(c1)OCO2. The van der Waals surface area contributed by atoms with Crippen LogP contribution in [0.25, 0.3) is 0 Å². The van der Waals surface area contributed by atoms with Crippen LogP contribution in [0.4, 0.5) is 11.4 Å². The van der Waals surface area contributed by atoms with Crippen molar-refractivity contribution in [3.05, 3.63) is 47.5 Å². The molecule has 0 fully saturated rings. The Bertz CT molecular complexity index is 708. The van der Waals surface area contributed by atoms with Crippen molar-refractivity contribution in [1.82, 2.24) is 0 Å². The van der Waals surface area contributed by atoms with Gasteiger partial charge in [-0.1, -0.05) is 18.2 Å². The number of fused-ring (bicyclic) bond motifs is 1. The minimum atomic E-state index is -0.0393. The second-order valence-electron chi connectivity index (χ2n) is 5.56. The molecule has 5 heteroatoms. The highest BCUT2D eigenvalue weighted by molar-refractivity contribution is 5.91. The topological polar surface area (TPSA) is 59.6 Å². The zero-order chi connectivity index (χ0) is 16.2. The molecule has 0 unspecified atom stereocenters. The predicted octanol–water partition coefficient (Wildman–Crippen LogP) is 3.47. The summed E-state index contributed by atoms with van der Waals surface area (Å²) in [6.45, 7) is 4.93. The van der Waals surface area contributed by atoms with E-state index in [4.69, 9.17) is 9.47 Å². The number of carbonyl (C=O) groups excluding carboxylic acids is 1. The third-order valence-corrected chi connectivity index (χ3v) is 3.79. The molecule has 1 aliphatic heterocycles. The maximum Gasteiger partial charge on any atom is 0.231 e. The molecule has 0 bridgehead atoms. The number of rotatable bonds is 5. The zero-order valence-corrected chi connectivity index (χ0v) is 13.3. The normalized spacial score (nSPS) is 12.1. The smallest absolute Gasteiger partial charge is 0.231 e. The fraction of sp³-hybridized carbons (Fsp3) is 0.278. The largest absolute Gasteiger partial charge is 0.454 e. The lowest BCUT2D eigenvalue weighted by Crippen LogP contribution is -2.16. The molecular formula is C18H20N2O3. The molecule has 0 radical (unpaired) electrons. The quantitative estimate of drug-likeness (QED) is 0.887. The van der Waals surface area contributed by atoms with Gasteiger partial charge in [-0.15, -0.1) is 0 Å². The molecule has 1 aliphatic rings. The fourth-order valence-corrected chi connectivity index (χ4v) is 2.59. The zero-order valence-electron chi connectivity index (χ0n) is 13.3. The molecule has 0 atom stereocenters. The van der Waals surface area contributed by atoms with Crippen LogP contribution in [-0.2, 0) is 4.79 Å². The van der Waals surface area contributed by atoms with Gasteiger partial charge >= 0.3 is 0 Å². The summed E-state index contributed by atoms with van der Waals surface area (Å²) in [6.07, 6.45) is 0.391. The Morgan fingerprint density at radius 3 is 2.61 bits per heavy atom. The summed E-state index contributed by atoms with van der Waals surface area (Å²) in [4.78, 5) is 12.0. The number of benzene rings is 2. The number of hydrogen-bond donors (Lipinski definition) is 2. The molecule has 5 nitrogen and oxygen atoms in total. The van der Waals surface area contributed by atoms with Gasteiger partial charge in [0.05, 0.1) is 0 Å². The van der Waals surface area contributed by atoms with Gasteiger partial charge in [-0.25, -0.2) is 0 Å². The van der Waals surface area contributed by atoms with Crippen molar-refractivity contribution in [2.75, 3.05) is 24.0 Å². The second-order valence-corrected chi connectivity index (χ2v) is 5.56. The third kappa shape index (κ3) is 3.56. The first-order valence-corrected chi connectivity index (χ1v) is 7.63. The lowest BCUT2D eigenvalue weighted by molar-refractivity contribution is -0.115. The van der Waals surface area contributed by atoms with Crippen molar-refractivity contribution in [2.24, 2.45) is 0 Å². The number of carbonyl (C=O) groups is 1. The maximum absolute atomic E-state index is 12.0. The highest BCUT2D eigenvalue weighted by Crippen LogP contribution is 2.34. The van der Waals surface area contributed by atoms with Crippen molar-refractivity contribution >= 4 is 17.3 Å². The molecule has 0 aromatic heterocycles. The van der Waals surface area contributed by atoms with Crippen LogP contribution < -0.4 is 20.1 Å². The Balaban J connectivity index is 1.52. The van der Waals surface area contributed by atoms with Crippen LogP contribution in [0.5, 0.6) is 11.5 Å². The van der Waals surface area contributed by atoms with Crippen LogP contribution in [0.3, 0.4) is 0 Å². The van der Waals surface area contributed by atoms with Gasteiger partial charge in [0.15, 0.2) is 11.5 Å². The van der Waals surface area contributed by atoms with Crippen molar-refractivity contribution in [3.8, 4) is 11.5 Å². The highest BCUT2D eigenvalue weighted by atomic mass is 16.7. The summed E-state index contributed by atoms with van der Waals surface area (Å²) >= 11 is 0. The Hall–Kier alpha value is -2.69. The minimum absolute atomic E-state index is 0.0393. The van der Waals surface area contributed by atoms with Crippen LogP contribution in [0, 0.1) is 13.8 Å². The molecule has 0 aliphatic carbocycles. The number of nitrogens with one attached hydrogen (secondary N) is 2. The summed E-state index contributed by atoms with van der Waals surface area (Å²) in [5.74, 6) is 1.33. The average molecular weight is 312 g/mol. The van der Waals surface area contributed by atoms with E-state index in [1.54, 1.807) is 12.1 Å². The van der Waals surface area contributed by atoms with Crippen molar-refractivity contribution in [1.29, 1.82) is 0 Å². The number of aryl methyl sites for hydroxylation is 2. The summed E-state index contributed by atoms with van der Waals surface area (Å²) < 4.78 is 10.5. The van der Waals surface area contributed by atoms with E-state index >= 15 is 0 Å². The highest BCUT2D eigenvalue weighted by Gasteiger charge is 2.14. The Morgan fingerprint density at radius 2 is 1.83 bits per heavy atom. The van der Waals surface area contributed by atoms with Crippen LogP contribution in [0.1, 0.15) is 17.5 Å². The molecule has 23 heavy (non-hydrogen) atoms. The summed E-state index contributed by atoms with van der Waals surface area (Å²) in [5, 5.41) is 6.21. The predicted molar refractivity (Wildman–Crippen MR) is 90.2 cm³/mol. The van der Waals surface area contributed by atoms with E-state index in [-0.39, 0.29) is 12.7 Å². The molecule has 3 rings (SSSR count). The van der Waals surface area contributed by atoms with Crippen LogP contribution in [0.15, 0.2) is 36.4 Å². The molecular weight excluding hydrogens is 292 g/mol. The summed E-state index contributed by atoms with van der Waals surface area (Å²) in [5.41, 5.74) is 4.18. The van der Waals surface area contributed by atoms with Gasteiger partial charge in [-0.05, 0) is 37.1 Å². The van der Waals surface area contributed by atoms with Gasteiger partial charge in [0.1, 0.15) is 0 Å². The van der Waals surface area contributed by atoms with Crippen molar-refractivity contribution in [2.45, 2.75) is 20.3 Å². The molecule has 1 heterocycles. The number of anilines is 2. The van der Waals surface area contributed by atoms with Crippen molar-refractivity contribution < 1.29 is 14.3 Å². The summed E-state index contributed by atoms with van der Waals surface area (Å²) in [6, 6.07) is 11.5. The first kappa shape index (κ1) is 15.2. The molecule has 1 amide bonds. The molecule has 120 valence electrons. The van der Waals surface area contributed by atoms with E-state index in [0.717, 1.165) is 5.69 Å². The lowest BCUT2D eigenvalue weighted by atomic mass is 10.1. The number of para-hydroxylation sites is 1. The minimum Gasteiger partial charge on any atom is -0.454 e. The van der Waals surface area contributed by atoms with E-state index in [2.05, 4.69) is 36.6 Å². The average Bonchev–Trinajstić information content (AvgIpc) is 2.98. The number of hydrogen-bond acceptors (Lipinski definition) is 4. The monoisotopic (exact) mass is 312 g/mol. The number of ether oxygens (including phenoxy) is 2. The molecule has 2 aromatic rings. The molecule has 0 spiro atoms. The van der Waals surface area contributed by atoms with Gasteiger partial charge in [0, 0.05) is 30.4 Å². The standard InChI is InChI=1S/C18H20N2O3/c1-12-4-3-5-13(2)18(12)19-9-8-17(21)20-14-6-7-15-16(10-14)23-11-22-15/h3-7,10,19H,8-9,11H2,1-2H3,(H,20,21). The Labute approximate surface area is 135 Å². The lowest BCUT2D eigenvalue weighted by Gasteiger charge is -2.12. The van der Waals surface area contributed by atoms with Crippen LogP contribution in [0.2, 0.25) is 0 Å². The molecule has 2 N–H and O–H groups in total. The van der Waals surface area contributed by atoms with E-state index < -0.39 is 0 Å². The second kappa shape index (κ2) is 6.60. The van der Waals surface area contributed by atoms with Gasteiger partial charge < -0.3 is 20.1 Å². The Kier molecular flexibility index (Phi) is 4.37. The third-order valence-electron chi connectivity index (χ3n) is 3.79. The molecule has 2 aromatic carbocycles. The number of amides is 1. The molecule has 0 saturated carbocycles. The van der Waals surface area contributed by atoms with E-state index in [0.29, 0.717) is 30.2 Å². The van der Waals surface area contributed by atoms with Gasteiger partial charge in [0.2, 0.25) is 12.7 Å². The maximum atomic E-state index is 12.0. The van der Waals surface area contributed by atoms with Crippen LogP contribution >= 0.6 is 0 Å².